The molecule has 0 radical (unpaired) electrons. The summed E-state index contributed by atoms with van der Waals surface area (Å²) in [5.41, 5.74) is 3.78. The first-order valence-electron chi connectivity index (χ1n) is 8.42. The molecule has 0 saturated carbocycles. The SMILES string of the molecule is COc1cc(-c2[nH]ncc2CN(C)Cc2cnccn2)cc(OC)c1OC. The van der Waals surface area contributed by atoms with Gasteiger partial charge in [0.05, 0.1) is 38.9 Å². The predicted octanol–water partition coefficient (Wildman–Crippen LogP) is 2.52. The fraction of sp³-hybridized carbons (Fsp3) is 0.316. The molecule has 2 heterocycles. The molecule has 0 amide bonds. The average Bonchev–Trinajstić information content (AvgIpc) is 3.15. The van der Waals surface area contributed by atoms with Crippen molar-refractivity contribution < 1.29 is 14.2 Å². The molecule has 0 atom stereocenters. The van der Waals surface area contributed by atoms with Crippen LogP contribution in [0.15, 0.2) is 36.9 Å². The molecule has 3 rings (SSSR count). The molecule has 142 valence electrons. The fourth-order valence-electron chi connectivity index (χ4n) is 2.94. The van der Waals surface area contributed by atoms with Crippen LogP contribution < -0.4 is 14.2 Å². The van der Waals surface area contributed by atoms with Crippen molar-refractivity contribution in [3.63, 3.8) is 0 Å². The van der Waals surface area contributed by atoms with Gasteiger partial charge in [-0.25, -0.2) is 0 Å². The predicted molar refractivity (Wildman–Crippen MR) is 101 cm³/mol. The number of benzene rings is 1. The minimum absolute atomic E-state index is 0.560. The zero-order chi connectivity index (χ0) is 19.2. The van der Waals surface area contributed by atoms with Gasteiger partial charge in [-0.05, 0) is 19.2 Å². The van der Waals surface area contributed by atoms with Gasteiger partial charge < -0.3 is 14.2 Å². The van der Waals surface area contributed by atoms with E-state index in [9.17, 15) is 0 Å². The van der Waals surface area contributed by atoms with Crippen molar-refractivity contribution in [1.82, 2.24) is 25.1 Å². The molecular weight excluding hydrogens is 346 g/mol. The van der Waals surface area contributed by atoms with Crippen LogP contribution in [-0.2, 0) is 13.1 Å². The topological polar surface area (TPSA) is 85.4 Å². The maximum absolute atomic E-state index is 5.45. The fourth-order valence-corrected chi connectivity index (χ4v) is 2.94. The first-order chi connectivity index (χ1) is 13.2. The highest BCUT2D eigenvalue weighted by molar-refractivity contribution is 5.70. The van der Waals surface area contributed by atoms with E-state index in [4.69, 9.17) is 14.2 Å². The van der Waals surface area contributed by atoms with E-state index < -0.39 is 0 Å². The van der Waals surface area contributed by atoms with Gasteiger partial charge in [-0.3, -0.25) is 20.0 Å². The molecule has 0 fully saturated rings. The van der Waals surface area contributed by atoms with Crippen LogP contribution in [0.4, 0.5) is 0 Å². The summed E-state index contributed by atoms with van der Waals surface area (Å²) in [5.74, 6) is 1.75. The molecule has 1 N–H and O–H groups in total. The monoisotopic (exact) mass is 369 g/mol. The molecule has 0 unspecified atom stereocenters. The van der Waals surface area contributed by atoms with E-state index in [1.807, 2.05) is 25.4 Å². The molecule has 3 aromatic rings. The van der Waals surface area contributed by atoms with Gasteiger partial charge in [0.25, 0.3) is 0 Å². The van der Waals surface area contributed by atoms with Gasteiger partial charge in [-0.1, -0.05) is 0 Å². The number of H-pyrrole nitrogens is 1. The lowest BCUT2D eigenvalue weighted by Gasteiger charge is -2.17. The molecule has 27 heavy (non-hydrogen) atoms. The van der Waals surface area contributed by atoms with Crippen LogP contribution in [0.3, 0.4) is 0 Å². The lowest BCUT2D eigenvalue weighted by Crippen LogP contribution is -2.18. The van der Waals surface area contributed by atoms with E-state index in [2.05, 4.69) is 25.1 Å². The molecule has 1 aromatic carbocycles. The number of rotatable bonds is 8. The highest BCUT2D eigenvalue weighted by Crippen LogP contribution is 2.41. The quantitative estimate of drug-likeness (QED) is 0.653. The molecule has 0 aliphatic rings. The van der Waals surface area contributed by atoms with Crippen molar-refractivity contribution in [1.29, 1.82) is 0 Å². The summed E-state index contributed by atoms with van der Waals surface area (Å²) in [6, 6.07) is 3.81. The normalized spacial score (nSPS) is 10.9. The second-order valence-electron chi connectivity index (χ2n) is 6.05. The van der Waals surface area contributed by atoms with E-state index in [1.54, 1.807) is 39.9 Å². The second kappa shape index (κ2) is 8.50. The highest BCUT2D eigenvalue weighted by Gasteiger charge is 2.17. The number of aromatic nitrogens is 4. The Hall–Kier alpha value is -3.13. The number of hydrogen-bond acceptors (Lipinski definition) is 7. The van der Waals surface area contributed by atoms with E-state index >= 15 is 0 Å². The van der Waals surface area contributed by atoms with Crippen LogP contribution in [-0.4, -0.2) is 53.4 Å². The number of methoxy groups -OCH3 is 3. The van der Waals surface area contributed by atoms with Crippen molar-refractivity contribution >= 4 is 0 Å². The second-order valence-corrected chi connectivity index (χ2v) is 6.05. The van der Waals surface area contributed by atoms with E-state index in [1.165, 1.54) is 0 Å². The van der Waals surface area contributed by atoms with Gasteiger partial charge in [-0.15, -0.1) is 0 Å². The van der Waals surface area contributed by atoms with Crippen LogP contribution in [0, 0.1) is 0 Å². The molecule has 0 aliphatic heterocycles. The zero-order valence-electron chi connectivity index (χ0n) is 15.9. The van der Waals surface area contributed by atoms with Gasteiger partial charge in [-0.2, -0.15) is 5.10 Å². The first-order valence-corrected chi connectivity index (χ1v) is 8.42. The third-order valence-electron chi connectivity index (χ3n) is 4.16. The maximum atomic E-state index is 5.45. The number of nitrogens with one attached hydrogen (secondary N) is 1. The summed E-state index contributed by atoms with van der Waals surface area (Å²) >= 11 is 0. The van der Waals surface area contributed by atoms with E-state index in [-0.39, 0.29) is 0 Å². The van der Waals surface area contributed by atoms with E-state index in [0.717, 1.165) is 22.5 Å². The molecule has 8 nitrogen and oxygen atoms in total. The van der Waals surface area contributed by atoms with Gasteiger partial charge in [0.15, 0.2) is 11.5 Å². The minimum Gasteiger partial charge on any atom is -0.493 e. The van der Waals surface area contributed by atoms with Crippen LogP contribution in [0.5, 0.6) is 17.2 Å². The Balaban J connectivity index is 1.86. The third-order valence-corrected chi connectivity index (χ3v) is 4.16. The highest BCUT2D eigenvalue weighted by atomic mass is 16.5. The number of hydrogen-bond donors (Lipinski definition) is 1. The van der Waals surface area contributed by atoms with Crippen molar-refractivity contribution in [2.45, 2.75) is 13.1 Å². The van der Waals surface area contributed by atoms with Gasteiger partial charge in [0, 0.05) is 42.8 Å². The average molecular weight is 369 g/mol. The Bertz CT molecular complexity index is 857. The zero-order valence-corrected chi connectivity index (χ0v) is 15.9. The van der Waals surface area contributed by atoms with Gasteiger partial charge >= 0.3 is 0 Å². The Kier molecular flexibility index (Phi) is 5.87. The maximum Gasteiger partial charge on any atom is 0.203 e. The summed E-state index contributed by atoms with van der Waals surface area (Å²) in [7, 11) is 6.82. The molecular formula is C19H23N5O3. The summed E-state index contributed by atoms with van der Waals surface area (Å²) in [4.78, 5) is 10.6. The summed E-state index contributed by atoms with van der Waals surface area (Å²) in [6.07, 6.45) is 6.96. The van der Waals surface area contributed by atoms with Crippen LogP contribution in [0.1, 0.15) is 11.3 Å². The van der Waals surface area contributed by atoms with E-state index in [0.29, 0.717) is 30.3 Å². The minimum atomic E-state index is 0.560. The van der Waals surface area contributed by atoms with Crippen LogP contribution >= 0.6 is 0 Å². The summed E-state index contributed by atoms with van der Waals surface area (Å²) in [5, 5.41) is 7.29. The van der Waals surface area contributed by atoms with Crippen LogP contribution in [0.2, 0.25) is 0 Å². The van der Waals surface area contributed by atoms with Gasteiger partial charge in [0.1, 0.15) is 0 Å². The van der Waals surface area contributed by atoms with Crippen molar-refractivity contribution in [3.05, 3.63) is 48.2 Å². The molecule has 0 saturated heterocycles. The van der Waals surface area contributed by atoms with Crippen molar-refractivity contribution in [3.8, 4) is 28.5 Å². The van der Waals surface area contributed by atoms with Crippen LogP contribution in [0.25, 0.3) is 11.3 Å². The lowest BCUT2D eigenvalue weighted by atomic mass is 10.1. The first kappa shape index (κ1) is 18.7. The number of nitrogens with zero attached hydrogens (tertiary/aromatic N) is 4. The van der Waals surface area contributed by atoms with Gasteiger partial charge in [0.2, 0.25) is 5.75 Å². The molecule has 0 aliphatic carbocycles. The summed E-state index contributed by atoms with van der Waals surface area (Å²) < 4.78 is 16.3. The largest absolute Gasteiger partial charge is 0.493 e. The van der Waals surface area contributed by atoms with Crippen molar-refractivity contribution in [2.75, 3.05) is 28.4 Å². The Morgan fingerprint density at radius 2 is 1.70 bits per heavy atom. The third kappa shape index (κ3) is 4.17. The Labute approximate surface area is 158 Å². The standard InChI is InChI=1S/C19H23N5O3/c1-24(12-15-10-20-5-6-21-15)11-14-9-22-23-18(14)13-7-16(25-2)19(27-4)17(8-13)26-3/h5-10H,11-12H2,1-4H3,(H,22,23). The Morgan fingerprint density at radius 3 is 2.30 bits per heavy atom. The molecule has 0 spiro atoms. The smallest absolute Gasteiger partial charge is 0.203 e. The number of aromatic amines is 1. The Morgan fingerprint density at radius 1 is 0.963 bits per heavy atom. The molecule has 2 aromatic heterocycles. The van der Waals surface area contributed by atoms with Crippen molar-refractivity contribution in [2.24, 2.45) is 0 Å². The molecule has 0 bridgehead atoms. The number of ether oxygens (including phenoxy) is 3. The summed E-state index contributed by atoms with van der Waals surface area (Å²) in [6.45, 7) is 1.38. The molecule has 8 heteroatoms. The lowest BCUT2D eigenvalue weighted by molar-refractivity contribution is 0.315.